The molecular weight excluding hydrogens is 462 g/mol. The van der Waals surface area contributed by atoms with Crippen LogP contribution in [0.1, 0.15) is 19.8 Å². The van der Waals surface area contributed by atoms with Crippen molar-refractivity contribution in [3.05, 3.63) is 83.4 Å². The lowest BCUT2D eigenvalue weighted by Crippen LogP contribution is -2.61. The van der Waals surface area contributed by atoms with Crippen molar-refractivity contribution in [3.63, 3.8) is 0 Å². The third-order valence-electron chi connectivity index (χ3n) is 6.64. The molecule has 0 radical (unpaired) electrons. The van der Waals surface area contributed by atoms with Gasteiger partial charge >= 0.3 is 11.9 Å². The molecule has 0 saturated carbocycles. The fourth-order valence-electron chi connectivity index (χ4n) is 4.76. The molecule has 0 spiro atoms. The molecule has 3 heterocycles. The third-order valence-corrected chi connectivity index (χ3v) is 7.50. The van der Waals surface area contributed by atoms with Gasteiger partial charge in [-0.2, -0.15) is 4.48 Å². The highest BCUT2D eigenvalue weighted by atomic mass is 32.2. The van der Waals surface area contributed by atoms with Gasteiger partial charge in [0, 0.05) is 25.2 Å². The zero-order valence-corrected chi connectivity index (χ0v) is 20.1. The second kappa shape index (κ2) is 9.52. The quantitative estimate of drug-likeness (QED) is 0.244. The van der Waals surface area contributed by atoms with Crippen molar-refractivity contribution >= 4 is 40.3 Å². The average molecular weight is 489 g/mol. The minimum atomic E-state index is -0.333. The Morgan fingerprint density at radius 3 is 2.63 bits per heavy atom. The van der Waals surface area contributed by atoms with Crippen LogP contribution < -0.4 is 10.9 Å². The topological polar surface area (TPSA) is 96.8 Å². The van der Waals surface area contributed by atoms with Gasteiger partial charge in [-0.15, -0.1) is 0 Å². The van der Waals surface area contributed by atoms with E-state index in [-0.39, 0.29) is 33.8 Å². The number of H-pyrrole nitrogens is 1. The summed E-state index contributed by atoms with van der Waals surface area (Å²) in [4.78, 5) is 46.9. The summed E-state index contributed by atoms with van der Waals surface area (Å²) in [5.41, 5.74) is 1.80. The van der Waals surface area contributed by atoms with E-state index in [9.17, 15) is 14.4 Å². The summed E-state index contributed by atoms with van der Waals surface area (Å²) in [6.45, 7) is 2.39. The Balaban J connectivity index is 1.39. The monoisotopic (exact) mass is 488 g/mol. The van der Waals surface area contributed by atoms with Crippen molar-refractivity contribution < 1.29 is 14.1 Å². The molecular formula is C26H26N5O3S+. The number of thioether (sulfide) groups is 1. The largest absolute Gasteiger partial charge is 0.428 e. The van der Waals surface area contributed by atoms with Crippen LogP contribution in [0.3, 0.4) is 0 Å². The van der Waals surface area contributed by atoms with Crippen molar-refractivity contribution in [1.29, 1.82) is 0 Å². The highest BCUT2D eigenvalue weighted by Gasteiger charge is 2.52. The third kappa shape index (κ3) is 4.28. The van der Waals surface area contributed by atoms with E-state index in [2.05, 4.69) is 15.3 Å². The van der Waals surface area contributed by atoms with Gasteiger partial charge in [0.1, 0.15) is 11.8 Å². The molecule has 9 heteroatoms. The number of fused-ring (bicyclic) bond motifs is 1. The maximum absolute atomic E-state index is 13.7. The van der Waals surface area contributed by atoms with Crippen molar-refractivity contribution in [2.75, 3.05) is 17.6 Å². The molecule has 1 unspecified atom stereocenters. The van der Waals surface area contributed by atoms with Gasteiger partial charge in [-0.05, 0) is 43.3 Å². The van der Waals surface area contributed by atoms with Gasteiger partial charge in [0.2, 0.25) is 0 Å². The number of urea groups is 1. The van der Waals surface area contributed by atoms with Gasteiger partial charge in [-0.3, -0.25) is 10.1 Å². The second-order valence-corrected chi connectivity index (χ2v) is 9.66. The SMILES string of the molecule is C[C@@H]1CCC[N+]1(C(=O)CSc1nc2ccccc2c(=O)[nH]1)C(=O)Nc1ccccc1-n1cccc1. The summed E-state index contributed by atoms with van der Waals surface area (Å²) in [7, 11) is 0. The van der Waals surface area contributed by atoms with E-state index in [1.54, 1.807) is 18.2 Å². The molecule has 0 aliphatic carbocycles. The van der Waals surface area contributed by atoms with E-state index in [1.807, 2.05) is 66.3 Å². The second-order valence-electron chi connectivity index (χ2n) is 8.69. The van der Waals surface area contributed by atoms with Gasteiger partial charge in [0.25, 0.3) is 5.56 Å². The van der Waals surface area contributed by atoms with E-state index < -0.39 is 0 Å². The number of aromatic nitrogens is 3. The molecule has 3 amide bonds. The Morgan fingerprint density at radius 2 is 1.86 bits per heavy atom. The molecule has 5 rings (SSSR count). The van der Waals surface area contributed by atoms with E-state index in [0.29, 0.717) is 28.3 Å². The first kappa shape index (κ1) is 23.1. The molecule has 0 bridgehead atoms. The molecule has 178 valence electrons. The maximum Gasteiger partial charge on any atom is 0.428 e. The summed E-state index contributed by atoms with van der Waals surface area (Å²) in [5, 5.41) is 3.90. The van der Waals surface area contributed by atoms with Crippen LogP contribution in [-0.4, -0.2) is 49.3 Å². The number of benzene rings is 2. The van der Waals surface area contributed by atoms with Crippen molar-refractivity contribution in [2.45, 2.75) is 31.0 Å². The van der Waals surface area contributed by atoms with E-state index >= 15 is 0 Å². The number of nitrogens with one attached hydrogen (secondary N) is 2. The molecule has 4 aromatic rings. The molecule has 8 nitrogen and oxygen atoms in total. The summed E-state index contributed by atoms with van der Waals surface area (Å²) in [6, 6.07) is 18.0. The van der Waals surface area contributed by atoms with E-state index in [4.69, 9.17) is 0 Å². The summed E-state index contributed by atoms with van der Waals surface area (Å²) >= 11 is 1.15. The highest BCUT2D eigenvalue weighted by Crippen LogP contribution is 2.32. The highest BCUT2D eigenvalue weighted by molar-refractivity contribution is 7.99. The number of para-hydroxylation sites is 3. The van der Waals surface area contributed by atoms with E-state index in [0.717, 1.165) is 30.3 Å². The first-order valence-electron chi connectivity index (χ1n) is 11.6. The molecule has 1 fully saturated rings. The van der Waals surface area contributed by atoms with Gasteiger partial charge in [0.15, 0.2) is 5.16 Å². The number of amides is 3. The lowest BCUT2D eigenvalue weighted by atomic mass is 10.2. The number of quaternary nitrogens is 1. The number of carbonyl (C=O) groups is 2. The zero-order chi connectivity index (χ0) is 24.4. The number of likely N-dealkylation sites (tertiary alicyclic amines) is 1. The van der Waals surface area contributed by atoms with Crippen LogP contribution in [0, 0.1) is 0 Å². The molecule has 2 aromatic carbocycles. The smallest absolute Gasteiger partial charge is 0.322 e. The van der Waals surface area contributed by atoms with Crippen LogP contribution in [0.4, 0.5) is 10.5 Å². The van der Waals surface area contributed by atoms with Gasteiger partial charge in [0.05, 0.1) is 28.8 Å². The predicted molar refractivity (Wildman–Crippen MR) is 137 cm³/mol. The van der Waals surface area contributed by atoms with Gasteiger partial charge in [-0.1, -0.05) is 36.0 Å². The fourth-order valence-corrected chi connectivity index (χ4v) is 5.57. The van der Waals surface area contributed by atoms with Crippen molar-refractivity contribution in [2.24, 2.45) is 0 Å². The number of anilines is 1. The minimum Gasteiger partial charge on any atom is -0.322 e. The van der Waals surface area contributed by atoms with E-state index in [1.165, 1.54) is 0 Å². The normalized spacial score (nSPS) is 19.6. The van der Waals surface area contributed by atoms with Crippen LogP contribution >= 0.6 is 11.8 Å². The summed E-state index contributed by atoms with van der Waals surface area (Å²) < 4.78 is 1.65. The van der Waals surface area contributed by atoms with Crippen LogP contribution in [0.2, 0.25) is 0 Å². The summed E-state index contributed by atoms with van der Waals surface area (Å²) in [6.07, 6.45) is 5.39. The maximum atomic E-state index is 13.7. The number of rotatable bonds is 5. The number of hydrogen-bond acceptors (Lipinski definition) is 5. The molecule has 1 aliphatic rings. The summed E-state index contributed by atoms with van der Waals surface area (Å²) in [5.74, 6) is -0.176. The Labute approximate surface area is 206 Å². The Kier molecular flexibility index (Phi) is 6.27. The number of hydrogen-bond donors (Lipinski definition) is 2. The van der Waals surface area contributed by atoms with Crippen LogP contribution in [-0.2, 0) is 4.79 Å². The molecule has 1 aliphatic heterocycles. The lowest BCUT2D eigenvalue weighted by molar-refractivity contribution is -0.781. The van der Waals surface area contributed by atoms with Crippen LogP contribution in [0.5, 0.6) is 0 Å². The van der Waals surface area contributed by atoms with Gasteiger partial charge in [-0.25, -0.2) is 14.6 Å². The van der Waals surface area contributed by atoms with Crippen LogP contribution in [0.15, 0.2) is 83.0 Å². The molecule has 2 atom stereocenters. The van der Waals surface area contributed by atoms with Crippen LogP contribution in [0.25, 0.3) is 16.6 Å². The number of aromatic amines is 1. The average Bonchev–Trinajstić information content (AvgIpc) is 3.53. The predicted octanol–water partition coefficient (Wildman–Crippen LogP) is 4.56. The van der Waals surface area contributed by atoms with Crippen molar-refractivity contribution in [3.8, 4) is 5.69 Å². The number of carbonyl (C=O) groups excluding carboxylic acids is 2. The number of nitrogens with zero attached hydrogens (tertiary/aromatic N) is 3. The first-order chi connectivity index (χ1) is 17.0. The van der Waals surface area contributed by atoms with Gasteiger partial charge < -0.3 is 9.55 Å². The molecule has 2 aromatic heterocycles. The van der Waals surface area contributed by atoms with Crippen molar-refractivity contribution in [1.82, 2.24) is 14.5 Å². The fraction of sp³-hybridized carbons (Fsp3) is 0.231. The standard InChI is InChI=1S/C26H25N5O3S/c1-18-9-8-16-31(18,26(34)28-21-12-4-5-13-22(21)30-14-6-7-15-30)23(32)17-35-25-27-20-11-3-2-10-19(20)24(33)29-25/h2-7,10-15,18H,8-9,16-17H2,1H3,(H-,27,28,29,33,34)/p+1/t18-,31?/m1/s1. The Bertz CT molecular complexity index is 1450. The molecule has 35 heavy (non-hydrogen) atoms. The molecule has 2 N–H and O–H groups in total. The Hall–Kier alpha value is -3.69. The zero-order valence-electron chi connectivity index (χ0n) is 19.3. The Morgan fingerprint density at radius 1 is 1.11 bits per heavy atom. The lowest BCUT2D eigenvalue weighted by Gasteiger charge is -2.33. The first-order valence-corrected chi connectivity index (χ1v) is 12.5. The number of imide groups is 1. The minimum absolute atomic E-state index is 0.0261. The molecule has 1 saturated heterocycles.